The first-order valence-corrected chi connectivity index (χ1v) is 13.5. The molecular formula is C23H27ClN8O5S. The summed E-state index contributed by atoms with van der Waals surface area (Å²) in [7, 11) is -1.21. The van der Waals surface area contributed by atoms with Gasteiger partial charge in [0, 0.05) is 31.1 Å². The number of sulfonamides is 1. The Morgan fingerprint density at radius 1 is 1.18 bits per heavy atom. The summed E-state index contributed by atoms with van der Waals surface area (Å²) in [5.41, 5.74) is 1.96. The van der Waals surface area contributed by atoms with Gasteiger partial charge in [0.1, 0.15) is 22.8 Å². The van der Waals surface area contributed by atoms with Crippen molar-refractivity contribution in [3.8, 4) is 17.4 Å². The second kappa shape index (κ2) is 11.4. The molecule has 0 fully saturated rings. The minimum absolute atomic E-state index is 0.0222. The number of hydrogen-bond acceptors (Lipinski definition) is 11. The molecule has 1 N–H and O–H groups in total. The van der Waals surface area contributed by atoms with E-state index in [9.17, 15) is 8.42 Å². The molecule has 15 heteroatoms. The second-order valence-electron chi connectivity index (χ2n) is 8.28. The molecule has 202 valence electrons. The SMILES string of the molecule is CCc1noc(C)c1Cn1c(NS(=O)(=O)[C@@H](C)[C@H](OC)c2ncc(Cl)cn2)nnc1-c1cccc(OC)n1. The Labute approximate surface area is 224 Å². The van der Waals surface area contributed by atoms with Crippen molar-refractivity contribution in [2.24, 2.45) is 0 Å². The fourth-order valence-corrected chi connectivity index (χ4v) is 5.05. The molecule has 4 heterocycles. The summed E-state index contributed by atoms with van der Waals surface area (Å²) in [6.07, 6.45) is 2.39. The molecule has 0 spiro atoms. The van der Waals surface area contributed by atoms with Gasteiger partial charge in [-0.15, -0.1) is 10.2 Å². The van der Waals surface area contributed by atoms with Gasteiger partial charge in [-0.25, -0.2) is 23.4 Å². The van der Waals surface area contributed by atoms with Crippen LogP contribution in [0.1, 0.15) is 42.8 Å². The Hall–Kier alpha value is -3.62. The van der Waals surface area contributed by atoms with Crippen molar-refractivity contribution in [1.29, 1.82) is 0 Å². The number of aryl methyl sites for hydroxylation is 2. The lowest BCUT2D eigenvalue weighted by atomic mass is 10.1. The summed E-state index contributed by atoms with van der Waals surface area (Å²) in [6, 6.07) is 5.17. The normalized spacial score (nSPS) is 13.3. The second-order valence-corrected chi connectivity index (χ2v) is 10.8. The molecule has 4 rings (SSSR count). The molecule has 0 aromatic carbocycles. The quantitative estimate of drug-likeness (QED) is 0.286. The Morgan fingerprint density at radius 2 is 1.92 bits per heavy atom. The molecule has 0 aliphatic carbocycles. The minimum atomic E-state index is -4.09. The van der Waals surface area contributed by atoms with Crippen molar-refractivity contribution >= 4 is 27.6 Å². The van der Waals surface area contributed by atoms with Gasteiger partial charge in [-0.2, -0.15) is 0 Å². The van der Waals surface area contributed by atoms with E-state index in [0.29, 0.717) is 34.6 Å². The lowest BCUT2D eigenvalue weighted by Crippen LogP contribution is -2.33. The number of aromatic nitrogens is 7. The van der Waals surface area contributed by atoms with Gasteiger partial charge < -0.3 is 14.0 Å². The van der Waals surface area contributed by atoms with E-state index in [4.69, 9.17) is 25.6 Å². The van der Waals surface area contributed by atoms with Gasteiger partial charge in [0.2, 0.25) is 21.9 Å². The monoisotopic (exact) mass is 562 g/mol. The largest absolute Gasteiger partial charge is 0.481 e. The van der Waals surface area contributed by atoms with Gasteiger partial charge in [-0.1, -0.05) is 29.7 Å². The molecule has 13 nitrogen and oxygen atoms in total. The molecule has 2 atom stereocenters. The van der Waals surface area contributed by atoms with Crippen molar-refractivity contribution in [3.63, 3.8) is 0 Å². The average molecular weight is 563 g/mol. The summed E-state index contributed by atoms with van der Waals surface area (Å²) >= 11 is 5.88. The standard InChI is InChI=1S/C23H27ClN8O5S/c1-6-17-16(13(2)37-30-17)12-32-22(18-8-7-9-19(27-18)35-4)28-29-23(32)31-38(33,34)14(3)20(36-5)21-25-10-15(24)11-26-21/h7-11,14,20H,6,12H2,1-5H3,(H,29,31)/t14-,20-/m0/s1. The lowest BCUT2D eigenvalue weighted by molar-refractivity contribution is 0.0950. The minimum Gasteiger partial charge on any atom is -0.481 e. The third-order valence-electron chi connectivity index (χ3n) is 5.93. The van der Waals surface area contributed by atoms with Crippen LogP contribution in [0.2, 0.25) is 5.02 Å². The van der Waals surface area contributed by atoms with Crippen LogP contribution in [-0.4, -0.2) is 62.8 Å². The van der Waals surface area contributed by atoms with E-state index in [1.54, 1.807) is 29.7 Å². The predicted octanol–water partition coefficient (Wildman–Crippen LogP) is 3.22. The van der Waals surface area contributed by atoms with Crippen LogP contribution in [0, 0.1) is 6.92 Å². The van der Waals surface area contributed by atoms with Gasteiger partial charge in [-0.05, 0) is 26.3 Å². The molecule has 0 aliphatic rings. The number of pyridine rings is 1. The van der Waals surface area contributed by atoms with Crippen molar-refractivity contribution in [2.45, 2.75) is 45.1 Å². The van der Waals surface area contributed by atoms with E-state index in [1.807, 2.05) is 6.92 Å². The Bertz CT molecular complexity index is 1510. The maximum atomic E-state index is 13.5. The summed E-state index contributed by atoms with van der Waals surface area (Å²) in [5.74, 6) is 1.44. The first kappa shape index (κ1) is 27.4. The molecular weight excluding hydrogens is 536 g/mol. The zero-order chi connectivity index (χ0) is 27.4. The number of hydrogen-bond donors (Lipinski definition) is 1. The van der Waals surface area contributed by atoms with Crippen molar-refractivity contribution in [1.82, 2.24) is 34.9 Å². The van der Waals surface area contributed by atoms with Gasteiger partial charge in [0.05, 0.1) is 24.4 Å². The van der Waals surface area contributed by atoms with Crippen LogP contribution in [-0.2, 0) is 27.7 Å². The van der Waals surface area contributed by atoms with Crippen LogP contribution >= 0.6 is 11.6 Å². The van der Waals surface area contributed by atoms with Crippen molar-refractivity contribution < 1.29 is 22.4 Å². The van der Waals surface area contributed by atoms with Gasteiger partial charge in [-0.3, -0.25) is 9.29 Å². The average Bonchev–Trinajstić information content (AvgIpc) is 3.47. The van der Waals surface area contributed by atoms with E-state index in [0.717, 1.165) is 11.3 Å². The zero-order valence-corrected chi connectivity index (χ0v) is 23.0. The summed E-state index contributed by atoms with van der Waals surface area (Å²) in [6.45, 7) is 5.40. The first-order valence-electron chi connectivity index (χ1n) is 11.6. The fraction of sp³-hybridized carbons (Fsp3) is 0.391. The van der Waals surface area contributed by atoms with Crippen molar-refractivity contribution in [3.05, 3.63) is 58.5 Å². The Morgan fingerprint density at radius 3 is 2.58 bits per heavy atom. The number of anilines is 1. The maximum Gasteiger partial charge on any atom is 0.240 e. The first-order chi connectivity index (χ1) is 18.2. The number of halogens is 1. The zero-order valence-electron chi connectivity index (χ0n) is 21.4. The summed E-state index contributed by atoms with van der Waals surface area (Å²) in [5, 5.41) is 11.7. The van der Waals surface area contributed by atoms with Crippen LogP contribution in [0.3, 0.4) is 0 Å². The van der Waals surface area contributed by atoms with E-state index in [-0.39, 0.29) is 18.3 Å². The van der Waals surface area contributed by atoms with Crippen molar-refractivity contribution in [2.75, 3.05) is 18.9 Å². The van der Waals surface area contributed by atoms with Gasteiger partial charge in [0.15, 0.2) is 11.6 Å². The molecule has 0 unspecified atom stereocenters. The number of methoxy groups -OCH3 is 2. The van der Waals surface area contributed by atoms with E-state index in [2.05, 4.69) is 35.0 Å². The van der Waals surface area contributed by atoms with Crippen LogP contribution in [0.4, 0.5) is 5.95 Å². The topological polar surface area (TPSA) is 160 Å². The van der Waals surface area contributed by atoms with Crippen LogP contribution < -0.4 is 9.46 Å². The highest BCUT2D eigenvalue weighted by Crippen LogP contribution is 2.28. The van der Waals surface area contributed by atoms with Crippen LogP contribution in [0.5, 0.6) is 5.88 Å². The van der Waals surface area contributed by atoms with Gasteiger partial charge in [0.25, 0.3) is 0 Å². The summed E-state index contributed by atoms with van der Waals surface area (Å²) < 4.78 is 47.3. The Kier molecular flexibility index (Phi) is 8.23. The highest BCUT2D eigenvalue weighted by atomic mass is 35.5. The van der Waals surface area contributed by atoms with E-state index < -0.39 is 21.4 Å². The number of nitrogens with zero attached hydrogens (tertiary/aromatic N) is 7. The molecule has 4 aromatic heterocycles. The smallest absolute Gasteiger partial charge is 0.240 e. The van der Waals surface area contributed by atoms with E-state index in [1.165, 1.54) is 33.5 Å². The number of rotatable bonds is 11. The molecule has 0 amide bonds. The molecule has 0 bridgehead atoms. The molecule has 0 saturated carbocycles. The molecule has 0 radical (unpaired) electrons. The third kappa shape index (κ3) is 5.61. The van der Waals surface area contributed by atoms with E-state index >= 15 is 0 Å². The maximum absolute atomic E-state index is 13.5. The Balaban J connectivity index is 1.74. The fourth-order valence-electron chi connectivity index (χ4n) is 3.81. The molecule has 38 heavy (non-hydrogen) atoms. The number of ether oxygens (including phenoxy) is 2. The highest BCUT2D eigenvalue weighted by molar-refractivity contribution is 7.93. The third-order valence-corrected chi connectivity index (χ3v) is 7.82. The molecule has 0 aliphatic heterocycles. The lowest BCUT2D eigenvalue weighted by Gasteiger charge is -2.22. The van der Waals surface area contributed by atoms with Crippen LogP contribution in [0.25, 0.3) is 11.5 Å². The van der Waals surface area contributed by atoms with Gasteiger partial charge >= 0.3 is 0 Å². The molecule has 4 aromatic rings. The number of nitrogens with one attached hydrogen (secondary N) is 1. The molecule has 0 saturated heterocycles. The summed E-state index contributed by atoms with van der Waals surface area (Å²) in [4.78, 5) is 12.7. The highest BCUT2D eigenvalue weighted by Gasteiger charge is 2.34. The van der Waals surface area contributed by atoms with Crippen LogP contribution in [0.15, 0.2) is 35.1 Å². The predicted molar refractivity (Wildman–Crippen MR) is 138 cm³/mol.